The normalized spacial score (nSPS) is 16.2. The van der Waals surface area contributed by atoms with Gasteiger partial charge in [0.15, 0.2) is 6.54 Å². The monoisotopic (exact) mass is 388 g/mol. The molecule has 0 saturated carbocycles. The first-order valence-corrected chi connectivity index (χ1v) is 10.7. The van der Waals surface area contributed by atoms with Crippen molar-refractivity contribution in [3.05, 3.63) is 60.2 Å². The van der Waals surface area contributed by atoms with Crippen molar-refractivity contribution in [2.75, 3.05) is 25.0 Å². The molecule has 6 nitrogen and oxygen atoms in total. The molecule has 0 bridgehead atoms. The smallest absolute Gasteiger partial charge is 0.279 e. The number of hydrogen-bond donors (Lipinski definition) is 2. The predicted octanol–water partition coefficient (Wildman–Crippen LogP) is 1.73. The molecular formula is C20H26N3O3S+. The summed E-state index contributed by atoms with van der Waals surface area (Å²) in [6.07, 6.45) is 1.82. The number of hydrogen-bond acceptors (Lipinski definition) is 3. The number of nitrogens with two attached hydrogens (primary N) is 1. The molecule has 0 aliphatic carbocycles. The zero-order valence-electron chi connectivity index (χ0n) is 15.5. The Balaban J connectivity index is 1.54. The van der Waals surface area contributed by atoms with Crippen LogP contribution in [0.4, 0.5) is 5.69 Å². The molecule has 0 spiro atoms. The molecule has 1 saturated heterocycles. The van der Waals surface area contributed by atoms with Crippen LogP contribution in [-0.2, 0) is 14.8 Å². The molecule has 1 heterocycles. The van der Waals surface area contributed by atoms with E-state index in [2.05, 4.69) is 12.2 Å². The van der Waals surface area contributed by atoms with Gasteiger partial charge in [0.05, 0.1) is 4.90 Å². The van der Waals surface area contributed by atoms with Crippen molar-refractivity contribution in [3.8, 4) is 0 Å². The van der Waals surface area contributed by atoms with Crippen molar-refractivity contribution in [1.82, 2.24) is 4.31 Å². The van der Waals surface area contributed by atoms with Crippen molar-refractivity contribution in [2.24, 2.45) is 0 Å². The van der Waals surface area contributed by atoms with E-state index >= 15 is 0 Å². The second-order valence-electron chi connectivity index (χ2n) is 6.82. The van der Waals surface area contributed by atoms with Crippen LogP contribution in [0.15, 0.2) is 59.5 Å². The third-order valence-corrected chi connectivity index (χ3v) is 6.74. The summed E-state index contributed by atoms with van der Waals surface area (Å²) in [6.45, 7) is 3.51. The third-order valence-electron chi connectivity index (χ3n) is 4.82. The summed E-state index contributed by atoms with van der Waals surface area (Å²) in [4.78, 5) is 12.4. The Morgan fingerprint density at radius 1 is 1.07 bits per heavy atom. The molecule has 27 heavy (non-hydrogen) atoms. The van der Waals surface area contributed by atoms with Gasteiger partial charge in [0.1, 0.15) is 6.04 Å². The fraction of sp³-hybridized carbons (Fsp3) is 0.350. The summed E-state index contributed by atoms with van der Waals surface area (Å²) < 4.78 is 26.5. The standard InChI is InChI=1S/C20H25N3O3S/c1-16(17-7-3-2-4-8-17)21-15-20(24)22-18-9-11-19(12-10-18)27(25,26)23-13-5-6-14-23/h2-4,7-12,16,21H,5-6,13-15H2,1H3,(H,22,24)/p+1/t16-/m1/s1. The SMILES string of the molecule is C[C@@H]([NH2+]CC(=O)Nc1ccc(S(=O)(=O)N2CCCC2)cc1)c1ccccc1. The van der Waals surface area contributed by atoms with E-state index in [0.717, 1.165) is 12.8 Å². The maximum Gasteiger partial charge on any atom is 0.279 e. The van der Waals surface area contributed by atoms with E-state index in [1.807, 2.05) is 35.6 Å². The van der Waals surface area contributed by atoms with E-state index in [1.165, 1.54) is 9.87 Å². The molecule has 1 aliphatic rings. The zero-order valence-corrected chi connectivity index (χ0v) is 16.3. The van der Waals surface area contributed by atoms with Crippen molar-refractivity contribution in [1.29, 1.82) is 0 Å². The molecule has 3 rings (SSSR count). The van der Waals surface area contributed by atoms with Crippen LogP contribution in [0, 0.1) is 0 Å². The predicted molar refractivity (Wildman–Crippen MR) is 105 cm³/mol. The maximum atomic E-state index is 12.5. The fourth-order valence-corrected chi connectivity index (χ4v) is 4.69. The molecular weight excluding hydrogens is 362 g/mol. The van der Waals surface area contributed by atoms with Gasteiger partial charge in [0, 0.05) is 24.3 Å². The average Bonchev–Trinajstić information content (AvgIpc) is 3.23. The van der Waals surface area contributed by atoms with Gasteiger partial charge in [-0.15, -0.1) is 0 Å². The van der Waals surface area contributed by atoms with Crippen molar-refractivity contribution < 1.29 is 18.5 Å². The zero-order chi connectivity index (χ0) is 19.3. The molecule has 1 atom stereocenters. The van der Waals surface area contributed by atoms with Crippen molar-refractivity contribution >= 4 is 21.6 Å². The Labute approximate surface area is 160 Å². The molecule has 0 radical (unpaired) electrons. The van der Waals surface area contributed by atoms with E-state index in [0.29, 0.717) is 25.3 Å². The summed E-state index contributed by atoms with van der Waals surface area (Å²) >= 11 is 0. The number of sulfonamides is 1. The molecule has 0 aromatic heterocycles. The van der Waals surface area contributed by atoms with Gasteiger partial charge in [-0.3, -0.25) is 4.79 Å². The number of carbonyl (C=O) groups is 1. The largest absolute Gasteiger partial charge is 0.333 e. The summed E-state index contributed by atoms with van der Waals surface area (Å²) in [5, 5.41) is 4.79. The van der Waals surface area contributed by atoms with Gasteiger partial charge in [-0.25, -0.2) is 8.42 Å². The van der Waals surface area contributed by atoms with E-state index in [1.54, 1.807) is 24.3 Å². The first-order chi connectivity index (χ1) is 13.0. The lowest BCUT2D eigenvalue weighted by atomic mass is 10.1. The lowest BCUT2D eigenvalue weighted by Gasteiger charge is -2.15. The third kappa shape index (κ3) is 4.94. The van der Waals surface area contributed by atoms with E-state index < -0.39 is 10.0 Å². The minimum atomic E-state index is -3.42. The number of rotatable bonds is 7. The minimum absolute atomic E-state index is 0.118. The molecule has 1 amide bonds. The summed E-state index contributed by atoms with van der Waals surface area (Å²) in [5.74, 6) is -0.118. The molecule has 1 aliphatic heterocycles. The fourth-order valence-electron chi connectivity index (χ4n) is 3.18. The molecule has 144 valence electrons. The topological polar surface area (TPSA) is 83.1 Å². The number of benzene rings is 2. The van der Waals surface area contributed by atoms with Gasteiger partial charge >= 0.3 is 0 Å². The van der Waals surface area contributed by atoms with Crippen LogP contribution in [0.2, 0.25) is 0 Å². The van der Waals surface area contributed by atoms with E-state index in [9.17, 15) is 13.2 Å². The molecule has 7 heteroatoms. The van der Waals surface area contributed by atoms with Gasteiger partial charge in [-0.05, 0) is 44.0 Å². The Morgan fingerprint density at radius 2 is 1.70 bits per heavy atom. The lowest BCUT2D eigenvalue weighted by molar-refractivity contribution is -0.682. The maximum absolute atomic E-state index is 12.5. The van der Waals surface area contributed by atoms with Gasteiger partial charge in [0.25, 0.3) is 5.91 Å². The van der Waals surface area contributed by atoms with Gasteiger partial charge in [-0.2, -0.15) is 4.31 Å². The molecule has 0 unspecified atom stereocenters. The Morgan fingerprint density at radius 3 is 2.33 bits per heavy atom. The summed E-state index contributed by atoms with van der Waals surface area (Å²) in [7, 11) is -3.42. The number of amides is 1. The number of quaternary nitrogens is 1. The molecule has 2 aromatic carbocycles. The quantitative estimate of drug-likeness (QED) is 0.758. The van der Waals surface area contributed by atoms with Gasteiger partial charge < -0.3 is 10.6 Å². The van der Waals surface area contributed by atoms with Crippen LogP contribution >= 0.6 is 0 Å². The highest BCUT2D eigenvalue weighted by Crippen LogP contribution is 2.22. The van der Waals surface area contributed by atoms with E-state index in [4.69, 9.17) is 0 Å². The van der Waals surface area contributed by atoms with Crippen LogP contribution in [-0.4, -0.2) is 38.3 Å². The first kappa shape index (κ1) is 19.5. The van der Waals surface area contributed by atoms with Crippen LogP contribution in [0.5, 0.6) is 0 Å². The number of nitrogens with zero attached hydrogens (tertiary/aromatic N) is 1. The summed E-state index contributed by atoms with van der Waals surface area (Å²) in [6, 6.07) is 16.6. The Bertz CT molecular complexity index is 861. The van der Waals surface area contributed by atoms with Crippen LogP contribution in [0.3, 0.4) is 0 Å². The Hall–Kier alpha value is -2.22. The molecule has 1 fully saturated rings. The Kier molecular flexibility index (Phi) is 6.26. The van der Waals surface area contributed by atoms with Crippen molar-refractivity contribution in [2.45, 2.75) is 30.7 Å². The van der Waals surface area contributed by atoms with Crippen LogP contribution < -0.4 is 10.6 Å². The average molecular weight is 389 g/mol. The lowest BCUT2D eigenvalue weighted by Crippen LogP contribution is -2.86. The van der Waals surface area contributed by atoms with Gasteiger partial charge in [0.2, 0.25) is 10.0 Å². The number of carbonyl (C=O) groups excluding carboxylic acids is 1. The van der Waals surface area contributed by atoms with Crippen LogP contribution in [0.25, 0.3) is 0 Å². The highest BCUT2D eigenvalue weighted by Gasteiger charge is 2.26. The van der Waals surface area contributed by atoms with Gasteiger partial charge in [-0.1, -0.05) is 30.3 Å². The molecule has 3 N–H and O–H groups in total. The highest BCUT2D eigenvalue weighted by atomic mass is 32.2. The minimum Gasteiger partial charge on any atom is -0.333 e. The number of nitrogens with one attached hydrogen (secondary N) is 1. The number of anilines is 1. The van der Waals surface area contributed by atoms with Crippen LogP contribution in [0.1, 0.15) is 31.4 Å². The molecule has 2 aromatic rings. The van der Waals surface area contributed by atoms with E-state index in [-0.39, 0.29) is 16.8 Å². The highest BCUT2D eigenvalue weighted by molar-refractivity contribution is 7.89. The summed E-state index contributed by atoms with van der Waals surface area (Å²) in [5.41, 5.74) is 1.77. The second-order valence-corrected chi connectivity index (χ2v) is 8.76. The second kappa shape index (κ2) is 8.65. The van der Waals surface area contributed by atoms with Crippen molar-refractivity contribution in [3.63, 3.8) is 0 Å². The first-order valence-electron chi connectivity index (χ1n) is 9.25.